The van der Waals surface area contributed by atoms with Gasteiger partial charge in [-0.1, -0.05) is 18.2 Å². The largest absolute Gasteiger partial charge is 0.383 e. The Hall–Kier alpha value is -3.26. The summed E-state index contributed by atoms with van der Waals surface area (Å²) >= 11 is 0. The van der Waals surface area contributed by atoms with E-state index >= 15 is 0 Å². The number of benzene rings is 1. The number of amides is 1. The predicted molar refractivity (Wildman–Crippen MR) is 98.9 cm³/mol. The summed E-state index contributed by atoms with van der Waals surface area (Å²) in [6.45, 7) is 1.04. The summed E-state index contributed by atoms with van der Waals surface area (Å²) in [4.78, 5) is 33.4. The van der Waals surface area contributed by atoms with Gasteiger partial charge in [-0.05, 0) is 12.1 Å². The van der Waals surface area contributed by atoms with Gasteiger partial charge in [-0.2, -0.15) is 4.98 Å². The smallest absolute Gasteiger partial charge is 0.256 e. The van der Waals surface area contributed by atoms with Crippen molar-refractivity contribution in [3.8, 4) is 5.69 Å². The van der Waals surface area contributed by atoms with Crippen LogP contribution in [0.5, 0.6) is 0 Å². The van der Waals surface area contributed by atoms with Gasteiger partial charge in [-0.25, -0.2) is 4.98 Å². The molecule has 1 aromatic carbocycles. The van der Waals surface area contributed by atoms with Crippen LogP contribution in [-0.2, 0) is 4.74 Å². The number of methoxy groups -OCH3 is 1. The molecule has 0 saturated carbocycles. The lowest BCUT2D eigenvalue weighted by Crippen LogP contribution is -2.27. The number of fused-ring (bicyclic) bond motifs is 1. The molecule has 0 unspecified atom stereocenters. The second-order valence-corrected chi connectivity index (χ2v) is 5.51. The Bertz CT molecular complexity index is 985. The zero-order valence-corrected chi connectivity index (χ0v) is 14.5. The number of carbonyl (C=O) groups is 1. The average molecular weight is 353 g/mol. The number of rotatable bonds is 6. The summed E-state index contributed by atoms with van der Waals surface area (Å²) in [7, 11) is 3.09. The molecule has 0 saturated heterocycles. The highest BCUT2D eigenvalue weighted by Gasteiger charge is 2.17. The van der Waals surface area contributed by atoms with Crippen LogP contribution in [0.25, 0.3) is 16.7 Å². The quantitative estimate of drug-likeness (QED) is 0.646. The van der Waals surface area contributed by atoms with Crippen molar-refractivity contribution in [3.63, 3.8) is 0 Å². The maximum atomic E-state index is 12.7. The van der Waals surface area contributed by atoms with E-state index in [1.807, 2.05) is 30.3 Å². The van der Waals surface area contributed by atoms with Crippen molar-refractivity contribution in [2.45, 2.75) is 0 Å². The lowest BCUT2D eigenvalue weighted by molar-refractivity contribution is 0.0961. The minimum Gasteiger partial charge on any atom is -0.383 e. The molecule has 0 aliphatic heterocycles. The van der Waals surface area contributed by atoms with E-state index in [1.54, 1.807) is 11.7 Å². The topological polar surface area (TPSA) is 98.1 Å². The van der Waals surface area contributed by atoms with Crippen molar-refractivity contribution in [2.75, 3.05) is 32.6 Å². The Morgan fingerprint density at radius 2 is 2.04 bits per heavy atom. The third-order valence-corrected chi connectivity index (χ3v) is 3.84. The van der Waals surface area contributed by atoms with E-state index < -0.39 is 11.3 Å². The van der Waals surface area contributed by atoms with Crippen LogP contribution in [0.3, 0.4) is 0 Å². The molecule has 3 rings (SSSR count). The molecule has 0 fully saturated rings. The third kappa shape index (κ3) is 3.40. The fourth-order valence-corrected chi connectivity index (χ4v) is 2.54. The highest BCUT2D eigenvalue weighted by molar-refractivity contribution is 5.97. The number of aromatic nitrogens is 3. The van der Waals surface area contributed by atoms with Gasteiger partial charge in [0.1, 0.15) is 5.56 Å². The zero-order chi connectivity index (χ0) is 18.5. The van der Waals surface area contributed by atoms with E-state index in [4.69, 9.17) is 4.74 Å². The number of nitrogens with one attached hydrogen (secondary N) is 2. The molecule has 0 bridgehead atoms. The number of hydrogen-bond donors (Lipinski definition) is 2. The van der Waals surface area contributed by atoms with Crippen molar-refractivity contribution in [2.24, 2.45) is 0 Å². The first-order valence-electron chi connectivity index (χ1n) is 8.08. The van der Waals surface area contributed by atoms with E-state index in [0.717, 1.165) is 5.69 Å². The van der Waals surface area contributed by atoms with Gasteiger partial charge in [-0.15, -0.1) is 0 Å². The molecule has 2 aromatic heterocycles. The Morgan fingerprint density at radius 3 is 2.73 bits per heavy atom. The van der Waals surface area contributed by atoms with E-state index in [0.29, 0.717) is 24.7 Å². The fourth-order valence-electron chi connectivity index (χ4n) is 2.54. The molecule has 0 aliphatic rings. The number of nitrogens with zero attached hydrogens (tertiary/aromatic N) is 3. The number of para-hydroxylation sites is 1. The van der Waals surface area contributed by atoms with E-state index in [9.17, 15) is 9.59 Å². The second kappa shape index (κ2) is 7.75. The highest BCUT2D eigenvalue weighted by Crippen LogP contribution is 2.17. The normalized spacial score (nSPS) is 10.7. The number of ether oxygens (including phenoxy) is 1. The van der Waals surface area contributed by atoms with Crippen molar-refractivity contribution in [1.82, 2.24) is 19.9 Å². The van der Waals surface area contributed by atoms with Crippen LogP contribution in [0.15, 0.2) is 47.5 Å². The van der Waals surface area contributed by atoms with Gasteiger partial charge in [-0.3, -0.25) is 9.59 Å². The minimum absolute atomic E-state index is 0.0348. The summed E-state index contributed by atoms with van der Waals surface area (Å²) in [6.07, 6.45) is 2.94. The monoisotopic (exact) mass is 353 g/mol. The van der Waals surface area contributed by atoms with Gasteiger partial charge < -0.3 is 19.9 Å². The first-order valence-corrected chi connectivity index (χ1v) is 8.08. The molecule has 0 radical (unpaired) electrons. The minimum atomic E-state index is -0.455. The third-order valence-electron chi connectivity index (χ3n) is 3.84. The summed E-state index contributed by atoms with van der Waals surface area (Å²) in [5.41, 5.74) is 0.829. The van der Waals surface area contributed by atoms with Crippen LogP contribution >= 0.6 is 0 Å². The van der Waals surface area contributed by atoms with Crippen molar-refractivity contribution in [1.29, 1.82) is 0 Å². The van der Waals surface area contributed by atoms with Crippen LogP contribution in [0.2, 0.25) is 0 Å². The number of pyridine rings is 1. The molecular weight excluding hydrogens is 334 g/mol. The Balaban J connectivity index is 2.22. The molecule has 26 heavy (non-hydrogen) atoms. The van der Waals surface area contributed by atoms with Gasteiger partial charge in [0.05, 0.1) is 12.0 Å². The number of hydrogen-bond acceptors (Lipinski definition) is 6. The van der Waals surface area contributed by atoms with Crippen LogP contribution < -0.4 is 16.1 Å². The molecule has 0 aliphatic carbocycles. The van der Waals surface area contributed by atoms with Crippen LogP contribution in [0, 0.1) is 0 Å². The summed E-state index contributed by atoms with van der Waals surface area (Å²) in [6, 6.07) is 9.38. The lowest BCUT2D eigenvalue weighted by atomic mass is 10.2. The van der Waals surface area contributed by atoms with E-state index in [-0.39, 0.29) is 10.9 Å². The van der Waals surface area contributed by atoms with E-state index in [2.05, 4.69) is 20.6 Å². The first-order chi connectivity index (χ1) is 12.7. The maximum absolute atomic E-state index is 12.7. The van der Waals surface area contributed by atoms with Crippen LogP contribution in [0.1, 0.15) is 10.4 Å². The maximum Gasteiger partial charge on any atom is 0.256 e. The molecular formula is C18H19N5O3. The molecule has 2 heterocycles. The summed E-state index contributed by atoms with van der Waals surface area (Å²) in [5.74, 6) is -0.0739. The summed E-state index contributed by atoms with van der Waals surface area (Å²) < 4.78 is 6.71. The van der Waals surface area contributed by atoms with Crippen molar-refractivity contribution >= 4 is 22.9 Å². The fraction of sp³-hybridized carbons (Fsp3) is 0.222. The zero-order valence-electron chi connectivity index (χ0n) is 14.5. The summed E-state index contributed by atoms with van der Waals surface area (Å²) in [5, 5.41) is 5.80. The van der Waals surface area contributed by atoms with Gasteiger partial charge >= 0.3 is 0 Å². The van der Waals surface area contributed by atoms with Gasteiger partial charge in [0.2, 0.25) is 11.4 Å². The Labute approximate surface area is 149 Å². The Morgan fingerprint density at radius 1 is 1.27 bits per heavy atom. The molecule has 134 valence electrons. The van der Waals surface area contributed by atoms with Crippen molar-refractivity contribution in [3.05, 3.63) is 58.5 Å². The van der Waals surface area contributed by atoms with Gasteiger partial charge in [0, 0.05) is 38.8 Å². The molecule has 2 N–H and O–H groups in total. The predicted octanol–water partition coefficient (Wildman–Crippen LogP) is 1.20. The molecule has 8 nitrogen and oxygen atoms in total. The standard InChI is InChI=1S/C18H19N5O3/c1-19-17(25)14-11-23(12-6-4-3-5-7-12)16-13(15(14)24)10-21-18(22-16)20-8-9-26-2/h3-7,10-11H,8-9H2,1-2H3,(H,19,25)(H,20,21,22). The first kappa shape index (κ1) is 17.6. The Kier molecular flexibility index (Phi) is 5.23. The van der Waals surface area contributed by atoms with Crippen molar-refractivity contribution < 1.29 is 9.53 Å². The van der Waals surface area contributed by atoms with Crippen LogP contribution in [-0.4, -0.2) is 47.8 Å². The number of anilines is 1. The molecule has 3 aromatic rings. The molecule has 0 spiro atoms. The van der Waals surface area contributed by atoms with Gasteiger partial charge in [0.15, 0.2) is 5.65 Å². The highest BCUT2D eigenvalue weighted by atomic mass is 16.5. The van der Waals surface area contributed by atoms with Gasteiger partial charge in [0.25, 0.3) is 5.91 Å². The molecule has 1 amide bonds. The number of carbonyl (C=O) groups excluding carboxylic acids is 1. The second-order valence-electron chi connectivity index (χ2n) is 5.51. The van der Waals surface area contributed by atoms with E-state index in [1.165, 1.54) is 19.4 Å². The molecule has 8 heteroatoms. The van der Waals surface area contributed by atoms with Crippen LogP contribution in [0.4, 0.5) is 5.95 Å². The average Bonchev–Trinajstić information content (AvgIpc) is 2.68. The lowest BCUT2D eigenvalue weighted by Gasteiger charge is -2.13. The SMILES string of the molecule is CNC(=O)c1cn(-c2ccccc2)c2nc(NCCOC)ncc2c1=O. The molecule has 0 atom stereocenters.